The van der Waals surface area contributed by atoms with Gasteiger partial charge in [0.1, 0.15) is 5.75 Å². The molecule has 3 N–H and O–H groups in total. The van der Waals surface area contributed by atoms with Crippen molar-refractivity contribution in [1.29, 1.82) is 0 Å². The van der Waals surface area contributed by atoms with Crippen molar-refractivity contribution in [2.75, 3.05) is 19.1 Å². The first-order valence-electron chi connectivity index (χ1n) is 11.2. The first-order chi connectivity index (χ1) is 15.4. The molecule has 32 heavy (non-hydrogen) atoms. The van der Waals surface area contributed by atoms with Gasteiger partial charge >= 0.3 is 8.03 Å². The minimum absolute atomic E-state index is 0.00280. The highest BCUT2D eigenvalue weighted by Gasteiger charge is 2.38. The Morgan fingerprint density at radius 2 is 2.03 bits per heavy atom. The van der Waals surface area contributed by atoms with E-state index in [1.807, 2.05) is 30.3 Å². The minimum atomic E-state index is -2.26. The van der Waals surface area contributed by atoms with Crippen LogP contribution in [0.1, 0.15) is 62.3 Å². The van der Waals surface area contributed by atoms with Crippen molar-refractivity contribution in [3.8, 4) is 5.75 Å². The van der Waals surface area contributed by atoms with Gasteiger partial charge in [-0.05, 0) is 40.7 Å². The van der Waals surface area contributed by atoms with E-state index < -0.39 is 18.8 Å². The number of fused-ring (bicyclic) bond motifs is 1. The van der Waals surface area contributed by atoms with Gasteiger partial charge in [-0.15, -0.1) is 0 Å². The number of unbranched alkanes of at least 4 members (excludes halogenated alkanes) is 1. The van der Waals surface area contributed by atoms with Crippen LogP contribution >= 0.6 is 8.03 Å². The molecule has 0 saturated heterocycles. The molecule has 0 aromatic heterocycles. The van der Waals surface area contributed by atoms with E-state index in [2.05, 4.69) is 36.6 Å². The Kier molecular flexibility index (Phi) is 8.97. The average Bonchev–Trinajstić information content (AvgIpc) is 2.92. The molecular weight excluding hydrogens is 443 g/mol. The number of rotatable bonds is 10. The van der Waals surface area contributed by atoms with Crippen LogP contribution in [0.4, 0.5) is 0 Å². The summed E-state index contributed by atoms with van der Waals surface area (Å²) in [6.45, 7) is 4.72. The SMILES string of the molecule is CCCC[C@]1(CC)CS(=O)c2cc(CNC[P+](=O)O)c(OC)cc2[C@@H](c2ccccc2)N1. The van der Waals surface area contributed by atoms with Crippen LogP contribution in [0, 0.1) is 0 Å². The fourth-order valence-corrected chi connectivity index (χ4v) is 6.46. The highest BCUT2D eigenvalue weighted by Crippen LogP contribution is 2.39. The van der Waals surface area contributed by atoms with Crippen molar-refractivity contribution in [2.45, 2.75) is 62.6 Å². The molecule has 1 heterocycles. The van der Waals surface area contributed by atoms with Gasteiger partial charge in [-0.2, -0.15) is 4.89 Å². The molecule has 174 valence electrons. The zero-order chi connectivity index (χ0) is 23.1. The molecule has 0 amide bonds. The van der Waals surface area contributed by atoms with E-state index in [4.69, 9.17) is 9.63 Å². The highest BCUT2D eigenvalue weighted by molar-refractivity contribution is 7.85. The summed E-state index contributed by atoms with van der Waals surface area (Å²) in [5, 5.41) is 6.89. The molecule has 0 radical (unpaired) electrons. The second kappa shape index (κ2) is 11.5. The number of methoxy groups -OCH3 is 1. The van der Waals surface area contributed by atoms with Crippen LogP contribution in [-0.2, 0) is 21.9 Å². The van der Waals surface area contributed by atoms with E-state index in [1.54, 1.807) is 7.11 Å². The van der Waals surface area contributed by atoms with Gasteiger partial charge in [0.2, 0.25) is 6.29 Å². The van der Waals surface area contributed by atoms with Crippen molar-refractivity contribution in [3.63, 3.8) is 0 Å². The number of nitrogens with one attached hydrogen (secondary N) is 2. The summed E-state index contributed by atoms with van der Waals surface area (Å²) >= 11 is 0. The van der Waals surface area contributed by atoms with E-state index in [9.17, 15) is 8.77 Å². The molecule has 8 heteroatoms. The maximum atomic E-state index is 13.7. The summed E-state index contributed by atoms with van der Waals surface area (Å²) in [7, 11) is -1.83. The monoisotopic (exact) mass is 477 g/mol. The molecule has 3 rings (SSSR count). The Labute approximate surface area is 194 Å². The van der Waals surface area contributed by atoms with Crippen molar-refractivity contribution in [3.05, 3.63) is 59.2 Å². The Morgan fingerprint density at radius 3 is 2.66 bits per heavy atom. The summed E-state index contributed by atoms with van der Waals surface area (Å²) in [5.41, 5.74) is 2.71. The maximum absolute atomic E-state index is 13.7. The molecular formula is C24H34N2O4PS+. The van der Waals surface area contributed by atoms with Gasteiger partial charge in [-0.1, -0.05) is 57.0 Å². The van der Waals surface area contributed by atoms with Gasteiger partial charge in [-0.25, -0.2) is 0 Å². The van der Waals surface area contributed by atoms with Crippen LogP contribution in [0.15, 0.2) is 47.4 Å². The Hall–Kier alpha value is -1.63. The van der Waals surface area contributed by atoms with Crippen LogP contribution in [0.2, 0.25) is 0 Å². The van der Waals surface area contributed by atoms with Crippen LogP contribution in [0.5, 0.6) is 5.75 Å². The van der Waals surface area contributed by atoms with Gasteiger partial charge in [0.25, 0.3) is 0 Å². The summed E-state index contributed by atoms with van der Waals surface area (Å²) in [4.78, 5) is 9.91. The predicted molar refractivity (Wildman–Crippen MR) is 130 cm³/mol. The number of hydrogen-bond donors (Lipinski definition) is 3. The van der Waals surface area contributed by atoms with E-state index >= 15 is 0 Å². The molecule has 2 unspecified atom stereocenters. The molecule has 0 fully saturated rings. The van der Waals surface area contributed by atoms with Gasteiger partial charge in [-0.3, -0.25) is 14.8 Å². The predicted octanol–water partition coefficient (Wildman–Crippen LogP) is 4.62. The lowest BCUT2D eigenvalue weighted by molar-refractivity contribution is 0.296. The molecule has 0 aliphatic carbocycles. The van der Waals surface area contributed by atoms with Gasteiger partial charge < -0.3 is 4.74 Å². The van der Waals surface area contributed by atoms with Gasteiger partial charge in [0.15, 0.2) is 0 Å². The van der Waals surface area contributed by atoms with Crippen molar-refractivity contribution in [1.82, 2.24) is 10.6 Å². The van der Waals surface area contributed by atoms with Crippen LogP contribution in [0.25, 0.3) is 0 Å². The maximum Gasteiger partial charge on any atom is 0.521 e. The molecule has 0 spiro atoms. The lowest BCUT2D eigenvalue weighted by Crippen LogP contribution is -2.49. The Balaban J connectivity index is 2.10. The van der Waals surface area contributed by atoms with Crippen molar-refractivity contribution >= 4 is 18.8 Å². The third kappa shape index (κ3) is 5.83. The quantitative estimate of drug-likeness (QED) is 0.433. The van der Waals surface area contributed by atoms with Gasteiger partial charge in [0, 0.05) is 28.3 Å². The molecule has 0 saturated carbocycles. The lowest BCUT2D eigenvalue weighted by Gasteiger charge is -2.36. The fraction of sp³-hybridized carbons (Fsp3) is 0.500. The molecule has 2 aromatic rings. The van der Waals surface area contributed by atoms with E-state index in [0.29, 0.717) is 18.0 Å². The second-order valence-electron chi connectivity index (χ2n) is 8.35. The second-order valence-corrected chi connectivity index (χ2v) is 10.8. The number of benzene rings is 2. The first-order valence-corrected chi connectivity index (χ1v) is 13.9. The summed E-state index contributed by atoms with van der Waals surface area (Å²) in [6, 6.07) is 14.1. The van der Waals surface area contributed by atoms with Crippen LogP contribution in [-0.4, -0.2) is 33.8 Å². The molecule has 6 nitrogen and oxygen atoms in total. The summed E-state index contributed by atoms with van der Waals surface area (Å²) in [6.07, 6.45) is 4.04. The standard InChI is InChI=1S/C24H33N2O4PS/c1-4-6-12-24(5-2)16-32(29)22-13-19(15-25-17-31(27)28)21(30-3)14-20(22)23(26-24)18-10-8-7-9-11-18/h7-11,13-14,23,25-26H,4-6,12,15-17H2,1-3H3/p+1/t23-,24-,32?/m1/s1. The molecule has 1 aliphatic heterocycles. The van der Waals surface area contributed by atoms with Crippen molar-refractivity contribution < 1.29 is 18.4 Å². The van der Waals surface area contributed by atoms with Crippen LogP contribution in [0.3, 0.4) is 0 Å². The molecule has 4 atom stereocenters. The summed E-state index contributed by atoms with van der Waals surface area (Å²) < 4.78 is 30.4. The van der Waals surface area contributed by atoms with Crippen LogP contribution < -0.4 is 15.4 Å². The Morgan fingerprint density at radius 1 is 1.28 bits per heavy atom. The fourth-order valence-electron chi connectivity index (χ4n) is 4.36. The largest absolute Gasteiger partial charge is 0.521 e. The highest BCUT2D eigenvalue weighted by atomic mass is 32.2. The smallest absolute Gasteiger partial charge is 0.496 e. The number of ether oxygens (including phenoxy) is 1. The number of hydrogen-bond acceptors (Lipinski definition) is 5. The average molecular weight is 478 g/mol. The van der Waals surface area contributed by atoms with E-state index in [1.165, 1.54) is 0 Å². The van der Waals surface area contributed by atoms with Gasteiger partial charge in [0.05, 0.1) is 24.0 Å². The molecule has 2 aromatic carbocycles. The van der Waals surface area contributed by atoms with E-state index in [0.717, 1.165) is 47.3 Å². The van der Waals surface area contributed by atoms with Crippen molar-refractivity contribution in [2.24, 2.45) is 0 Å². The Bertz CT molecular complexity index is 957. The topological polar surface area (TPSA) is 87.7 Å². The third-order valence-corrected chi connectivity index (χ3v) is 8.36. The zero-order valence-electron chi connectivity index (χ0n) is 19.1. The molecule has 1 aliphatic rings. The minimum Gasteiger partial charge on any atom is -0.496 e. The third-order valence-electron chi connectivity index (χ3n) is 6.21. The first kappa shape index (κ1) is 25.0. The lowest BCUT2D eigenvalue weighted by atomic mass is 9.88. The normalized spacial score (nSPS) is 23.3. The molecule has 0 bridgehead atoms. The summed E-state index contributed by atoms with van der Waals surface area (Å²) in [5.74, 6) is 1.24. The van der Waals surface area contributed by atoms with E-state index in [-0.39, 0.29) is 17.9 Å². The zero-order valence-corrected chi connectivity index (χ0v) is 20.8.